The predicted molar refractivity (Wildman–Crippen MR) is 53.0 cm³/mol. The highest BCUT2D eigenvalue weighted by molar-refractivity contribution is 14.1. The van der Waals surface area contributed by atoms with Crippen molar-refractivity contribution in [2.24, 2.45) is 0 Å². The van der Waals surface area contributed by atoms with Crippen LogP contribution in [0.2, 0.25) is 0 Å². The minimum atomic E-state index is -4.87. The molecule has 0 aromatic carbocycles. The van der Waals surface area contributed by atoms with Gasteiger partial charge in [0.05, 0.1) is 4.47 Å². The average Bonchev–Trinajstić information content (AvgIpc) is 1.96. The Morgan fingerprint density at radius 3 is 2.57 bits per heavy atom. The first-order chi connectivity index (χ1) is 6.29. The van der Waals surface area contributed by atoms with E-state index in [0.29, 0.717) is 0 Å². The summed E-state index contributed by atoms with van der Waals surface area (Å²) in [6.45, 7) is 0. The van der Waals surface area contributed by atoms with Gasteiger partial charge in [-0.3, -0.25) is 0 Å². The van der Waals surface area contributed by atoms with E-state index in [0.717, 1.165) is 0 Å². The number of hydrogen-bond donors (Lipinski definition) is 1. The zero-order chi connectivity index (χ0) is 10.9. The Kier molecular flexibility index (Phi) is 3.45. The third kappa shape index (κ3) is 3.15. The lowest BCUT2D eigenvalue weighted by molar-refractivity contribution is -0.276. The van der Waals surface area contributed by atoms with Crippen LogP contribution in [0.3, 0.4) is 0 Å². The molecular weight excluding hydrogens is 382 g/mol. The molecule has 0 aliphatic heterocycles. The molecule has 0 bridgehead atoms. The maximum absolute atomic E-state index is 11.8. The molecule has 1 N–H and O–H groups in total. The fourth-order valence-electron chi connectivity index (χ4n) is 0.638. The fourth-order valence-corrected chi connectivity index (χ4v) is 1.98. The Balaban J connectivity index is 3.09. The molecule has 1 heterocycles. The number of halogens is 5. The predicted octanol–water partition coefficient (Wildman–Crippen LogP) is 3.05. The summed E-state index contributed by atoms with van der Waals surface area (Å²) >= 11 is 4.56. The highest BCUT2D eigenvalue weighted by Gasteiger charge is 2.33. The summed E-state index contributed by atoms with van der Waals surface area (Å²) < 4.78 is 39.2. The molecule has 3 nitrogen and oxygen atoms in total. The smallest absolute Gasteiger partial charge is 0.502 e. The summed E-state index contributed by atoms with van der Waals surface area (Å²) in [5.74, 6) is -1.54. The number of ether oxygens (including phenoxy) is 1. The van der Waals surface area contributed by atoms with Gasteiger partial charge >= 0.3 is 6.36 Å². The van der Waals surface area contributed by atoms with Gasteiger partial charge in [-0.2, -0.15) is 0 Å². The lowest BCUT2D eigenvalue weighted by atomic mass is 10.4. The van der Waals surface area contributed by atoms with Crippen molar-refractivity contribution in [3.63, 3.8) is 0 Å². The van der Waals surface area contributed by atoms with Crippen molar-refractivity contribution in [3.05, 3.63) is 14.2 Å². The normalized spacial score (nSPS) is 11.5. The van der Waals surface area contributed by atoms with Crippen LogP contribution in [-0.4, -0.2) is 16.5 Å². The number of hydrogen-bond acceptors (Lipinski definition) is 3. The monoisotopic (exact) mass is 383 g/mol. The van der Waals surface area contributed by atoms with Crippen LogP contribution in [0.5, 0.6) is 11.6 Å². The first-order valence-electron chi connectivity index (χ1n) is 3.10. The van der Waals surface area contributed by atoms with Crippen molar-refractivity contribution in [3.8, 4) is 11.6 Å². The van der Waals surface area contributed by atoms with Crippen LogP contribution >= 0.6 is 38.5 Å². The van der Waals surface area contributed by atoms with Crippen molar-refractivity contribution in [2.75, 3.05) is 0 Å². The molecule has 1 aromatic rings. The van der Waals surface area contributed by atoms with E-state index in [4.69, 9.17) is 5.11 Å². The molecule has 78 valence electrons. The first-order valence-corrected chi connectivity index (χ1v) is 4.97. The van der Waals surface area contributed by atoms with E-state index >= 15 is 0 Å². The standard InChI is InChI=1S/C6H2BrF3INO2/c7-2-1-3(11)12-5(4(2)13)14-6(8,9)10/h1,13H. The maximum atomic E-state index is 11.8. The quantitative estimate of drug-likeness (QED) is 0.598. The van der Waals surface area contributed by atoms with Crippen LogP contribution in [0.4, 0.5) is 13.2 Å². The molecule has 0 fully saturated rings. The average molecular weight is 384 g/mol. The van der Waals surface area contributed by atoms with Crippen molar-refractivity contribution in [1.82, 2.24) is 4.98 Å². The Bertz CT molecular complexity index is 358. The van der Waals surface area contributed by atoms with E-state index in [1.54, 1.807) is 22.6 Å². The Morgan fingerprint density at radius 2 is 2.07 bits per heavy atom. The summed E-state index contributed by atoms with van der Waals surface area (Å²) in [6, 6.07) is 1.36. The lowest BCUT2D eigenvalue weighted by Gasteiger charge is -2.10. The summed E-state index contributed by atoms with van der Waals surface area (Å²) in [5.41, 5.74) is 0. The van der Waals surface area contributed by atoms with E-state index < -0.39 is 18.0 Å². The van der Waals surface area contributed by atoms with Crippen LogP contribution in [0, 0.1) is 3.70 Å². The fraction of sp³-hybridized carbons (Fsp3) is 0.167. The third-order valence-electron chi connectivity index (χ3n) is 1.10. The first kappa shape index (κ1) is 11.8. The Morgan fingerprint density at radius 1 is 1.50 bits per heavy atom. The number of alkyl halides is 3. The van der Waals surface area contributed by atoms with Gasteiger partial charge in [-0.1, -0.05) is 0 Å². The van der Waals surface area contributed by atoms with Gasteiger partial charge in [-0.15, -0.1) is 13.2 Å². The van der Waals surface area contributed by atoms with Crippen LogP contribution < -0.4 is 4.74 Å². The van der Waals surface area contributed by atoms with Gasteiger partial charge in [-0.25, -0.2) is 4.98 Å². The minimum Gasteiger partial charge on any atom is -0.502 e. The maximum Gasteiger partial charge on any atom is 0.574 e. The molecule has 8 heteroatoms. The topological polar surface area (TPSA) is 42.4 Å². The van der Waals surface area contributed by atoms with Gasteiger partial charge in [0.2, 0.25) is 0 Å². The minimum absolute atomic E-state index is 0.0937. The second kappa shape index (κ2) is 4.09. The molecule has 0 saturated heterocycles. The second-order valence-corrected chi connectivity index (χ2v) is 4.09. The molecule has 0 spiro atoms. The molecule has 0 saturated carbocycles. The Labute approximate surface area is 98.5 Å². The lowest BCUT2D eigenvalue weighted by Crippen LogP contribution is -2.18. The van der Waals surface area contributed by atoms with E-state index in [-0.39, 0.29) is 8.17 Å². The van der Waals surface area contributed by atoms with E-state index in [1.165, 1.54) is 6.07 Å². The van der Waals surface area contributed by atoms with Crippen LogP contribution in [-0.2, 0) is 0 Å². The number of nitrogens with zero attached hydrogens (tertiary/aromatic N) is 1. The van der Waals surface area contributed by atoms with Crippen molar-refractivity contribution < 1.29 is 23.0 Å². The zero-order valence-corrected chi connectivity index (χ0v) is 10.0. The number of pyridine rings is 1. The van der Waals surface area contributed by atoms with Crippen LogP contribution in [0.1, 0.15) is 0 Å². The van der Waals surface area contributed by atoms with Gasteiger partial charge in [0.15, 0.2) is 5.75 Å². The molecule has 1 rings (SSSR count). The molecule has 0 radical (unpaired) electrons. The second-order valence-electron chi connectivity index (χ2n) is 2.13. The molecule has 0 aliphatic carbocycles. The summed E-state index contributed by atoms with van der Waals surface area (Å²) in [5, 5.41) is 9.15. The molecule has 1 aromatic heterocycles. The van der Waals surface area contributed by atoms with Gasteiger partial charge < -0.3 is 9.84 Å². The van der Waals surface area contributed by atoms with Crippen molar-refractivity contribution in [2.45, 2.75) is 6.36 Å². The summed E-state index contributed by atoms with van der Waals surface area (Å²) in [4.78, 5) is 3.38. The van der Waals surface area contributed by atoms with E-state index in [9.17, 15) is 13.2 Å². The highest BCUT2D eigenvalue weighted by Crippen LogP contribution is 2.36. The van der Waals surface area contributed by atoms with Gasteiger partial charge in [0, 0.05) is 0 Å². The van der Waals surface area contributed by atoms with Crippen molar-refractivity contribution in [1.29, 1.82) is 0 Å². The van der Waals surface area contributed by atoms with Gasteiger partial charge in [-0.05, 0) is 44.6 Å². The van der Waals surface area contributed by atoms with Gasteiger partial charge in [0.1, 0.15) is 3.70 Å². The number of aromatic nitrogens is 1. The molecule has 14 heavy (non-hydrogen) atoms. The van der Waals surface area contributed by atoms with E-state index in [2.05, 4.69) is 25.7 Å². The number of aromatic hydroxyl groups is 1. The molecule has 0 aliphatic rings. The molecule has 0 atom stereocenters. The number of rotatable bonds is 1. The largest absolute Gasteiger partial charge is 0.574 e. The summed E-state index contributed by atoms with van der Waals surface area (Å²) in [6.07, 6.45) is -4.87. The Hall–Kier alpha value is -0.250. The highest BCUT2D eigenvalue weighted by atomic mass is 127. The molecule has 0 unspecified atom stereocenters. The van der Waals surface area contributed by atoms with E-state index in [1.807, 2.05) is 0 Å². The SMILES string of the molecule is Oc1c(Br)cc(I)nc1OC(F)(F)F. The zero-order valence-electron chi connectivity index (χ0n) is 6.27. The summed E-state index contributed by atoms with van der Waals surface area (Å²) in [7, 11) is 0. The molecular formula is C6H2BrF3INO2. The van der Waals surface area contributed by atoms with Crippen LogP contribution in [0.25, 0.3) is 0 Å². The van der Waals surface area contributed by atoms with Gasteiger partial charge in [0.25, 0.3) is 5.88 Å². The third-order valence-corrected chi connectivity index (χ3v) is 2.25. The molecule has 0 amide bonds. The van der Waals surface area contributed by atoms with Crippen LogP contribution in [0.15, 0.2) is 10.5 Å². The van der Waals surface area contributed by atoms with Crippen molar-refractivity contribution >= 4 is 38.5 Å².